The average molecular weight is 369 g/mol. The Labute approximate surface area is 154 Å². The van der Waals surface area contributed by atoms with Crippen molar-refractivity contribution in [1.82, 2.24) is 0 Å². The second-order valence-electron chi connectivity index (χ2n) is 5.01. The quantitative estimate of drug-likeness (QED) is 0.570. The lowest BCUT2D eigenvalue weighted by Crippen LogP contribution is -2.21. The monoisotopic (exact) mass is 369 g/mol. The molecule has 0 unspecified atom stereocenters. The summed E-state index contributed by atoms with van der Waals surface area (Å²) in [6.45, 7) is -0.465. The zero-order valence-corrected chi connectivity index (χ0v) is 14.4. The molecule has 0 fully saturated rings. The van der Waals surface area contributed by atoms with Crippen LogP contribution in [0.4, 0.5) is 5.69 Å². The maximum Gasteiger partial charge on any atom is 0.338 e. The van der Waals surface area contributed by atoms with E-state index in [1.165, 1.54) is 36.0 Å². The number of para-hydroxylation sites is 1. The largest absolute Gasteiger partial charge is 0.452 e. The maximum atomic E-state index is 12.0. The smallest absolute Gasteiger partial charge is 0.338 e. The van der Waals surface area contributed by atoms with E-state index in [0.717, 1.165) is 4.90 Å². The Morgan fingerprint density at radius 3 is 2.38 bits per heavy atom. The van der Waals surface area contributed by atoms with Crippen LogP contribution in [0.2, 0.25) is 0 Å². The maximum absolute atomic E-state index is 12.0. The van der Waals surface area contributed by atoms with E-state index in [0.29, 0.717) is 5.69 Å². The molecular weight excluding hydrogens is 354 g/mol. The Morgan fingerprint density at radius 1 is 1.08 bits per heavy atom. The molecule has 26 heavy (non-hydrogen) atoms. The molecule has 2 aromatic rings. The predicted molar refractivity (Wildman–Crippen MR) is 96.7 cm³/mol. The van der Waals surface area contributed by atoms with Gasteiger partial charge in [0.25, 0.3) is 5.91 Å². The number of nitrogens with zero attached hydrogens (tertiary/aromatic N) is 1. The molecule has 7 nitrogen and oxygen atoms in total. The number of ether oxygens (including phenoxy) is 1. The Hall–Kier alpha value is -3.31. The summed E-state index contributed by atoms with van der Waals surface area (Å²) in [6.07, 6.45) is 0. The first-order valence-electron chi connectivity index (χ1n) is 7.47. The summed E-state index contributed by atoms with van der Waals surface area (Å²) < 4.78 is 4.96. The van der Waals surface area contributed by atoms with Crippen molar-refractivity contribution in [2.45, 2.75) is 4.90 Å². The van der Waals surface area contributed by atoms with E-state index in [2.05, 4.69) is 5.32 Å². The third-order valence-corrected chi connectivity index (χ3v) is 4.13. The first-order chi connectivity index (χ1) is 12.5. The number of hydrogen-bond donors (Lipinski definition) is 2. The lowest BCUT2D eigenvalue weighted by Gasteiger charge is -2.10. The summed E-state index contributed by atoms with van der Waals surface area (Å²) in [5.74, 6) is -1.54. The topological polar surface area (TPSA) is 122 Å². The first-order valence-corrected chi connectivity index (χ1v) is 8.45. The minimum Gasteiger partial charge on any atom is -0.452 e. The third kappa shape index (κ3) is 5.36. The van der Waals surface area contributed by atoms with Crippen LogP contribution >= 0.6 is 11.8 Å². The molecule has 0 aliphatic heterocycles. The molecule has 0 saturated carbocycles. The molecule has 0 spiro atoms. The SMILES string of the molecule is N#CCSc1ccccc1NC(=O)COC(=O)c1ccc(C(N)=O)cc1. The highest BCUT2D eigenvalue weighted by atomic mass is 32.2. The van der Waals surface area contributed by atoms with Crippen LogP contribution in [0.3, 0.4) is 0 Å². The van der Waals surface area contributed by atoms with E-state index in [-0.39, 0.29) is 16.9 Å². The molecule has 0 saturated heterocycles. The van der Waals surface area contributed by atoms with Gasteiger partial charge in [0.05, 0.1) is 23.1 Å². The molecule has 8 heteroatoms. The van der Waals surface area contributed by atoms with Gasteiger partial charge in [0, 0.05) is 10.5 Å². The highest BCUT2D eigenvalue weighted by molar-refractivity contribution is 7.99. The van der Waals surface area contributed by atoms with Gasteiger partial charge in [-0.15, -0.1) is 11.8 Å². The zero-order valence-electron chi connectivity index (χ0n) is 13.6. The van der Waals surface area contributed by atoms with Crippen LogP contribution < -0.4 is 11.1 Å². The van der Waals surface area contributed by atoms with E-state index < -0.39 is 24.4 Å². The first kappa shape index (κ1) is 19.0. The fourth-order valence-corrected chi connectivity index (χ4v) is 2.65. The molecule has 2 rings (SSSR count). The second-order valence-corrected chi connectivity index (χ2v) is 6.03. The van der Waals surface area contributed by atoms with Crippen molar-refractivity contribution in [3.05, 3.63) is 59.7 Å². The van der Waals surface area contributed by atoms with Gasteiger partial charge in [-0.1, -0.05) is 12.1 Å². The average Bonchev–Trinajstić information content (AvgIpc) is 2.65. The van der Waals surface area contributed by atoms with Crippen LogP contribution in [0, 0.1) is 11.3 Å². The minimum atomic E-state index is -0.691. The number of nitrogens with one attached hydrogen (secondary N) is 1. The van der Waals surface area contributed by atoms with Gasteiger partial charge in [0.15, 0.2) is 6.61 Å². The fraction of sp³-hybridized carbons (Fsp3) is 0.111. The summed E-state index contributed by atoms with van der Waals surface area (Å²) in [6, 6.07) is 14.6. The van der Waals surface area contributed by atoms with Crippen LogP contribution in [0.1, 0.15) is 20.7 Å². The highest BCUT2D eigenvalue weighted by Gasteiger charge is 2.12. The van der Waals surface area contributed by atoms with Crippen LogP contribution in [0.25, 0.3) is 0 Å². The predicted octanol–water partition coefficient (Wildman–Crippen LogP) is 2.20. The van der Waals surface area contributed by atoms with E-state index in [1.54, 1.807) is 24.3 Å². The summed E-state index contributed by atoms with van der Waals surface area (Å²) in [7, 11) is 0. The van der Waals surface area contributed by atoms with Crippen LogP contribution in [0.15, 0.2) is 53.4 Å². The zero-order chi connectivity index (χ0) is 18.9. The highest BCUT2D eigenvalue weighted by Crippen LogP contribution is 2.26. The molecule has 132 valence electrons. The second kappa shape index (κ2) is 9.25. The molecule has 0 heterocycles. The van der Waals surface area contributed by atoms with E-state index >= 15 is 0 Å². The number of rotatable bonds is 7. The van der Waals surface area contributed by atoms with Crippen molar-refractivity contribution < 1.29 is 19.1 Å². The van der Waals surface area contributed by atoms with Crippen molar-refractivity contribution in [2.24, 2.45) is 5.73 Å². The van der Waals surface area contributed by atoms with Crippen LogP contribution in [0.5, 0.6) is 0 Å². The molecule has 0 aliphatic carbocycles. The lowest BCUT2D eigenvalue weighted by molar-refractivity contribution is -0.119. The van der Waals surface area contributed by atoms with Gasteiger partial charge in [-0.05, 0) is 36.4 Å². The van der Waals surface area contributed by atoms with Crippen LogP contribution in [-0.4, -0.2) is 30.1 Å². The van der Waals surface area contributed by atoms with Gasteiger partial charge in [-0.25, -0.2) is 4.79 Å². The number of hydrogen-bond acceptors (Lipinski definition) is 6. The Bertz CT molecular complexity index is 859. The number of esters is 1. The molecule has 0 atom stereocenters. The number of anilines is 1. The Balaban J connectivity index is 1.91. The number of amides is 2. The standard InChI is InChI=1S/C18H15N3O4S/c19-9-10-26-15-4-2-1-3-14(15)21-16(22)11-25-18(24)13-7-5-12(6-8-13)17(20)23/h1-8H,10-11H2,(H2,20,23)(H,21,22). The normalized spacial score (nSPS) is 9.81. The number of benzene rings is 2. The van der Waals surface area contributed by atoms with Crippen LogP contribution in [-0.2, 0) is 9.53 Å². The molecule has 2 amide bonds. The van der Waals surface area contributed by atoms with Gasteiger partial charge < -0.3 is 15.8 Å². The summed E-state index contributed by atoms with van der Waals surface area (Å²) >= 11 is 1.29. The summed E-state index contributed by atoms with van der Waals surface area (Å²) in [5.41, 5.74) is 6.14. The van der Waals surface area contributed by atoms with Gasteiger partial charge in [0.2, 0.25) is 5.91 Å². The number of thioether (sulfide) groups is 1. The van der Waals surface area contributed by atoms with Crippen molar-refractivity contribution in [3.63, 3.8) is 0 Å². The fourth-order valence-electron chi connectivity index (χ4n) is 1.98. The number of nitrogens with two attached hydrogens (primary N) is 1. The molecule has 0 aromatic heterocycles. The molecule has 3 N–H and O–H groups in total. The Morgan fingerprint density at radius 2 is 1.73 bits per heavy atom. The minimum absolute atomic E-state index is 0.202. The number of carbonyl (C=O) groups excluding carboxylic acids is 3. The molecular formula is C18H15N3O4S. The van der Waals surface area contributed by atoms with Crippen molar-refractivity contribution in [3.8, 4) is 6.07 Å². The molecule has 2 aromatic carbocycles. The molecule has 0 aliphatic rings. The number of nitriles is 1. The summed E-state index contributed by atoms with van der Waals surface area (Å²) in [4.78, 5) is 35.7. The van der Waals surface area contributed by atoms with Gasteiger partial charge >= 0.3 is 5.97 Å². The molecule has 0 bridgehead atoms. The van der Waals surface area contributed by atoms with Crippen molar-refractivity contribution in [1.29, 1.82) is 5.26 Å². The Kier molecular flexibility index (Phi) is 6.76. The van der Waals surface area contributed by atoms with Gasteiger partial charge in [-0.2, -0.15) is 5.26 Å². The van der Waals surface area contributed by atoms with Crippen molar-refractivity contribution in [2.75, 3.05) is 17.7 Å². The lowest BCUT2D eigenvalue weighted by atomic mass is 10.1. The van der Waals surface area contributed by atoms with Crippen molar-refractivity contribution >= 4 is 35.2 Å². The van der Waals surface area contributed by atoms with E-state index in [4.69, 9.17) is 15.7 Å². The van der Waals surface area contributed by atoms with E-state index in [1.807, 2.05) is 6.07 Å². The molecule has 0 radical (unpaired) electrons. The third-order valence-electron chi connectivity index (χ3n) is 3.19. The number of primary amides is 1. The van der Waals surface area contributed by atoms with Gasteiger partial charge in [-0.3, -0.25) is 9.59 Å². The van der Waals surface area contributed by atoms with Gasteiger partial charge in [0.1, 0.15) is 0 Å². The number of carbonyl (C=O) groups is 3. The summed E-state index contributed by atoms with van der Waals surface area (Å²) in [5, 5.41) is 11.3. The van der Waals surface area contributed by atoms with E-state index in [9.17, 15) is 14.4 Å².